The fourth-order valence-electron chi connectivity index (χ4n) is 4.43. The standard InChI is InChI=1S/C34H38N2O2/c1-23(2)11-13-25-15-17-32(37)28(19-25)21-35-30-9-5-7-27-8-6-10-31(34(27)30)36-22-29-20-26(14-12-24(3)4)16-18-33(29)38/h5-10,15-24,37-38H,11-14H2,1-4H3. The minimum Gasteiger partial charge on any atom is -0.507 e. The van der Waals surface area contributed by atoms with Crippen molar-refractivity contribution in [2.75, 3.05) is 0 Å². The molecule has 38 heavy (non-hydrogen) atoms. The van der Waals surface area contributed by atoms with Crippen molar-refractivity contribution in [2.24, 2.45) is 21.8 Å². The third kappa shape index (κ3) is 7.10. The zero-order valence-corrected chi connectivity index (χ0v) is 22.9. The van der Waals surface area contributed by atoms with Crippen molar-refractivity contribution in [2.45, 2.75) is 53.4 Å². The molecule has 0 heterocycles. The lowest BCUT2D eigenvalue weighted by Crippen LogP contribution is -1.94. The second kappa shape index (κ2) is 12.6. The van der Waals surface area contributed by atoms with E-state index in [2.05, 4.69) is 27.7 Å². The Hall–Kier alpha value is -3.92. The maximum atomic E-state index is 10.4. The summed E-state index contributed by atoms with van der Waals surface area (Å²) in [5.74, 6) is 1.68. The number of aromatic hydroxyl groups is 2. The minimum atomic E-state index is 0.216. The number of aliphatic imine (C=N–C) groups is 2. The summed E-state index contributed by atoms with van der Waals surface area (Å²) >= 11 is 0. The van der Waals surface area contributed by atoms with Crippen LogP contribution in [0.3, 0.4) is 0 Å². The molecule has 2 N–H and O–H groups in total. The van der Waals surface area contributed by atoms with Gasteiger partial charge in [0.15, 0.2) is 0 Å². The number of aryl methyl sites for hydroxylation is 2. The van der Waals surface area contributed by atoms with Crippen LogP contribution >= 0.6 is 0 Å². The van der Waals surface area contributed by atoms with Crippen molar-refractivity contribution in [1.82, 2.24) is 0 Å². The van der Waals surface area contributed by atoms with Gasteiger partial charge in [-0.2, -0.15) is 0 Å². The van der Waals surface area contributed by atoms with Gasteiger partial charge in [0.25, 0.3) is 0 Å². The Morgan fingerprint density at radius 1 is 0.632 bits per heavy atom. The Morgan fingerprint density at radius 2 is 1.08 bits per heavy atom. The highest BCUT2D eigenvalue weighted by Gasteiger charge is 2.08. The molecule has 0 amide bonds. The van der Waals surface area contributed by atoms with Crippen molar-refractivity contribution < 1.29 is 10.2 Å². The molecule has 4 aromatic carbocycles. The van der Waals surface area contributed by atoms with E-state index in [-0.39, 0.29) is 11.5 Å². The van der Waals surface area contributed by atoms with E-state index in [4.69, 9.17) is 9.98 Å². The largest absolute Gasteiger partial charge is 0.507 e. The molecule has 4 heteroatoms. The molecule has 0 aromatic heterocycles. The highest BCUT2D eigenvalue weighted by molar-refractivity contribution is 6.04. The van der Waals surface area contributed by atoms with Gasteiger partial charge >= 0.3 is 0 Å². The van der Waals surface area contributed by atoms with Gasteiger partial charge in [-0.25, -0.2) is 0 Å². The first-order valence-corrected chi connectivity index (χ1v) is 13.5. The number of hydrogen-bond acceptors (Lipinski definition) is 4. The van der Waals surface area contributed by atoms with Crippen molar-refractivity contribution in [1.29, 1.82) is 0 Å². The molecule has 4 rings (SSSR count). The summed E-state index contributed by atoms with van der Waals surface area (Å²) < 4.78 is 0. The van der Waals surface area contributed by atoms with Gasteiger partial charge in [-0.3, -0.25) is 9.98 Å². The maximum absolute atomic E-state index is 10.4. The highest BCUT2D eigenvalue weighted by Crippen LogP contribution is 2.35. The molecule has 0 aliphatic heterocycles. The predicted octanol–water partition coefficient (Wildman–Crippen LogP) is 8.93. The number of benzene rings is 4. The van der Waals surface area contributed by atoms with Gasteiger partial charge in [0.05, 0.1) is 11.4 Å². The van der Waals surface area contributed by atoms with Gasteiger partial charge in [0, 0.05) is 28.9 Å². The van der Waals surface area contributed by atoms with Gasteiger partial charge in [0.1, 0.15) is 11.5 Å². The first kappa shape index (κ1) is 27.1. The van der Waals surface area contributed by atoms with Gasteiger partial charge in [-0.05, 0) is 90.4 Å². The van der Waals surface area contributed by atoms with Crippen LogP contribution in [0.15, 0.2) is 82.8 Å². The summed E-state index contributed by atoms with van der Waals surface area (Å²) in [6, 6.07) is 23.4. The van der Waals surface area contributed by atoms with Crippen LogP contribution < -0.4 is 0 Å². The van der Waals surface area contributed by atoms with E-state index in [1.54, 1.807) is 24.6 Å². The van der Waals surface area contributed by atoms with Crippen molar-refractivity contribution >= 4 is 34.6 Å². The first-order chi connectivity index (χ1) is 18.3. The molecule has 0 saturated carbocycles. The van der Waals surface area contributed by atoms with Gasteiger partial charge in [-0.1, -0.05) is 64.1 Å². The molecular weight excluding hydrogens is 468 g/mol. The zero-order chi connectivity index (χ0) is 27.1. The molecule has 196 valence electrons. The molecule has 0 unspecified atom stereocenters. The summed E-state index contributed by atoms with van der Waals surface area (Å²) in [4.78, 5) is 9.56. The monoisotopic (exact) mass is 506 g/mol. The fourth-order valence-corrected chi connectivity index (χ4v) is 4.43. The molecule has 0 spiro atoms. The number of fused-ring (bicyclic) bond motifs is 1. The Labute approximate surface area is 226 Å². The van der Waals surface area contributed by atoms with Crippen LogP contribution in [0.1, 0.15) is 62.8 Å². The highest BCUT2D eigenvalue weighted by atomic mass is 16.3. The predicted molar refractivity (Wildman–Crippen MR) is 161 cm³/mol. The van der Waals surface area contributed by atoms with Crippen LogP contribution in [-0.4, -0.2) is 22.6 Å². The normalized spacial score (nSPS) is 12.1. The van der Waals surface area contributed by atoms with Crippen LogP contribution in [0.4, 0.5) is 11.4 Å². The summed E-state index contributed by atoms with van der Waals surface area (Å²) in [5.41, 5.74) is 5.34. The quantitative estimate of drug-likeness (QED) is 0.211. The van der Waals surface area contributed by atoms with E-state index < -0.39 is 0 Å². The Kier molecular flexibility index (Phi) is 8.96. The molecule has 0 radical (unpaired) electrons. The average Bonchev–Trinajstić information content (AvgIpc) is 2.90. The summed E-state index contributed by atoms with van der Waals surface area (Å²) in [7, 11) is 0. The Balaban J connectivity index is 1.66. The molecule has 0 bridgehead atoms. The number of hydrogen-bond donors (Lipinski definition) is 2. The van der Waals surface area contributed by atoms with E-state index in [1.165, 1.54) is 11.1 Å². The molecule has 0 fully saturated rings. The van der Waals surface area contributed by atoms with Crippen LogP contribution in [0.5, 0.6) is 11.5 Å². The molecule has 0 aliphatic carbocycles. The second-order valence-corrected chi connectivity index (χ2v) is 10.8. The molecule has 4 nitrogen and oxygen atoms in total. The smallest absolute Gasteiger partial charge is 0.124 e. The number of phenols is 2. The lowest BCUT2D eigenvalue weighted by atomic mass is 10.0. The van der Waals surface area contributed by atoms with Crippen LogP contribution in [0, 0.1) is 11.8 Å². The summed E-state index contributed by atoms with van der Waals surface area (Å²) in [6.45, 7) is 8.87. The molecule has 0 atom stereocenters. The molecular formula is C34H38N2O2. The summed E-state index contributed by atoms with van der Waals surface area (Å²) in [5, 5.41) is 22.8. The van der Waals surface area contributed by atoms with Gasteiger partial charge < -0.3 is 10.2 Å². The van der Waals surface area contributed by atoms with E-state index >= 15 is 0 Å². The molecule has 0 saturated heterocycles. The Bertz CT molecular complexity index is 1340. The third-order valence-corrected chi connectivity index (χ3v) is 6.75. The SMILES string of the molecule is CC(C)CCc1ccc(O)c(C=Nc2cccc3cccc(N=Cc4cc(CCC(C)C)ccc4O)c23)c1. The lowest BCUT2D eigenvalue weighted by molar-refractivity contribution is 0.473. The minimum absolute atomic E-state index is 0.216. The van der Waals surface area contributed by atoms with Gasteiger partial charge in [0.2, 0.25) is 0 Å². The number of phenolic OH excluding ortho intramolecular Hbond substituents is 2. The molecule has 0 aliphatic rings. The van der Waals surface area contributed by atoms with E-state index in [9.17, 15) is 10.2 Å². The van der Waals surface area contributed by atoms with E-state index in [0.29, 0.717) is 23.0 Å². The Morgan fingerprint density at radius 3 is 1.50 bits per heavy atom. The second-order valence-electron chi connectivity index (χ2n) is 10.8. The van der Waals surface area contributed by atoms with Gasteiger partial charge in [-0.15, -0.1) is 0 Å². The average molecular weight is 507 g/mol. The third-order valence-electron chi connectivity index (χ3n) is 6.75. The lowest BCUT2D eigenvalue weighted by Gasteiger charge is -2.08. The fraction of sp³-hybridized carbons (Fsp3) is 0.294. The van der Waals surface area contributed by atoms with E-state index in [0.717, 1.165) is 47.8 Å². The van der Waals surface area contributed by atoms with Crippen LogP contribution in [-0.2, 0) is 12.8 Å². The van der Waals surface area contributed by atoms with Crippen LogP contribution in [0.2, 0.25) is 0 Å². The van der Waals surface area contributed by atoms with Crippen molar-refractivity contribution in [3.63, 3.8) is 0 Å². The van der Waals surface area contributed by atoms with Crippen molar-refractivity contribution in [3.8, 4) is 11.5 Å². The van der Waals surface area contributed by atoms with Crippen molar-refractivity contribution in [3.05, 3.63) is 95.1 Å². The van der Waals surface area contributed by atoms with E-state index in [1.807, 2.05) is 60.7 Å². The van der Waals surface area contributed by atoms with Crippen LogP contribution in [0.25, 0.3) is 10.8 Å². The maximum Gasteiger partial charge on any atom is 0.124 e. The number of nitrogens with zero attached hydrogens (tertiary/aromatic N) is 2. The molecule has 4 aromatic rings. The topological polar surface area (TPSA) is 65.2 Å². The first-order valence-electron chi connectivity index (χ1n) is 13.5. The summed E-state index contributed by atoms with van der Waals surface area (Å²) in [6.07, 6.45) is 7.60. The number of rotatable bonds is 10. The zero-order valence-electron chi connectivity index (χ0n) is 22.9.